The molecule has 0 aliphatic carbocycles. The van der Waals surface area contributed by atoms with Crippen molar-refractivity contribution in [3.05, 3.63) is 59.9 Å². The number of carbonyl (C=O) groups is 1. The molecule has 0 aromatic heterocycles. The summed E-state index contributed by atoms with van der Waals surface area (Å²) >= 11 is 1.77. The third-order valence-electron chi connectivity index (χ3n) is 4.84. The van der Waals surface area contributed by atoms with Gasteiger partial charge in [0.1, 0.15) is 5.82 Å². The fourth-order valence-corrected chi connectivity index (χ4v) is 4.39. The molecule has 5 nitrogen and oxygen atoms in total. The van der Waals surface area contributed by atoms with Gasteiger partial charge >= 0.3 is 6.03 Å². The van der Waals surface area contributed by atoms with Crippen LogP contribution in [-0.4, -0.2) is 43.6 Å². The molecule has 1 aliphatic heterocycles. The summed E-state index contributed by atoms with van der Waals surface area (Å²) in [6, 6.07) is 15.1. The van der Waals surface area contributed by atoms with Crippen molar-refractivity contribution in [2.75, 3.05) is 30.3 Å². The highest BCUT2D eigenvalue weighted by molar-refractivity contribution is 7.99. The van der Waals surface area contributed by atoms with Gasteiger partial charge in [-0.3, -0.25) is 0 Å². The van der Waals surface area contributed by atoms with Crippen LogP contribution in [0.3, 0.4) is 0 Å². The molecule has 162 valence electrons. The molecule has 1 saturated heterocycles. The molecule has 0 saturated carbocycles. The highest BCUT2D eigenvalue weighted by Crippen LogP contribution is 2.24. The van der Waals surface area contributed by atoms with E-state index in [1.807, 2.05) is 43.0 Å². The van der Waals surface area contributed by atoms with Gasteiger partial charge in [-0.05, 0) is 55.9 Å². The van der Waals surface area contributed by atoms with E-state index in [0.29, 0.717) is 25.3 Å². The summed E-state index contributed by atoms with van der Waals surface area (Å²) in [4.78, 5) is 15.2. The van der Waals surface area contributed by atoms with Crippen LogP contribution in [0, 0.1) is 5.82 Å². The second-order valence-electron chi connectivity index (χ2n) is 7.57. The van der Waals surface area contributed by atoms with Gasteiger partial charge in [0.25, 0.3) is 0 Å². The molecule has 2 aromatic rings. The van der Waals surface area contributed by atoms with E-state index in [-0.39, 0.29) is 30.6 Å². The Morgan fingerprint density at radius 3 is 2.57 bits per heavy atom. The average Bonchev–Trinajstić information content (AvgIpc) is 2.72. The zero-order chi connectivity index (χ0) is 21.3. The van der Waals surface area contributed by atoms with Crippen molar-refractivity contribution in [1.29, 1.82) is 0 Å². The van der Waals surface area contributed by atoms with Crippen LogP contribution in [0.4, 0.5) is 14.9 Å². The van der Waals surface area contributed by atoms with Gasteiger partial charge in [0.15, 0.2) is 0 Å². The first-order valence-electron chi connectivity index (χ1n) is 10.4. The Morgan fingerprint density at radius 1 is 1.13 bits per heavy atom. The van der Waals surface area contributed by atoms with E-state index in [1.165, 1.54) is 11.0 Å². The Hall–Kier alpha value is -2.25. The minimum atomic E-state index is -0.269. The molecule has 0 bridgehead atoms. The summed E-state index contributed by atoms with van der Waals surface area (Å²) in [6.07, 6.45) is 1.03. The lowest BCUT2D eigenvalue weighted by molar-refractivity contribution is -0.00539. The first kappa shape index (κ1) is 22.4. The van der Waals surface area contributed by atoms with E-state index in [4.69, 9.17) is 4.74 Å². The fraction of sp³-hybridized carbons (Fsp3) is 0.435. The van der Waals surface area contributed by atoms with Crippen molar-refractivity contribution in [2.45, 2.75) is 43.9 Å². The van der Waals surface area contributed by atoms with Crippen molar-refractivity contribution >= 4 is 23.5 Å². The number of carbonyl (C=O) groups excluding carboxylic acids is 1. The van der Waals surface area contributed by atoms with Crippen molar-refractivity contribution < 1.29 is 13.9 Å². The van der Waals surface area contributed by atoms with E-state index in [0.717, 1.165) is 17.7 Å². The number of ether oxygens (including phenoxy) is 1. The quantitative estimate of drug-likeness (QED) is 0.480. The number of rotatable bonds is 8. The molecule has 0 radical (unpaired) electrons. The van der Waals surface area contributed by atoms with Crippen molar-refractivity contribution in [3.8, 4) is 0 Å². The monoisotopic (exact) mass is 431 g/mol. The highest BCUT2D eigenvalue weighted by atomic mass is 32.2. The third kappa shape index (κ3) is 6.92. The molecule has 2 amide bonds. The summed E-state index contributed by atoms with van der Waals surface area (Å²) in [5.41, 5.74) is 1.32. The number of anilines is 1. The van der Waals surface area contributed by atoms with Crippen LogP contribution in [0.5, 0.6) is 0 Å². The summed E-state index contributed by atoms with van der Waals surface area (Å²) < 4.78 is 20.3. The molecular weight excluding hydrogens is 401 g/mol. The van der Waals surface area contributed by atoms with Gasteiger partial charge in [-0.25, -0.2) is 9.18 Å². The summed E-state index contributed by atoms with van der Waals surface area (Å²) in [6.45, 7) is 6.23. The lowest BCUT2D eigenvalue weighted by Gasteiger charge is -2.37. The number of hydrogen-bond acceptors (Lipinski definition) is 4. The van der Waals surface area contributed by atoms with Crippen LogP contribution in [-0.2, 0) is 11.3 Å². The van der Waals surface area contributed by atoms with E-state index >= 15 is 0 Å². The minimum Gasteiger partial charge on any atom is -0.372 e. The van der Waals surface area contributed by atoms with Gasteiger partial charge in [0.05, 0.1) is 17.9 Å². The number of nitrogens with one attached hydrogen (secondary N) is 2. The van der Waals surface area contributed by atoms with E-state index < -0.39 is 0 Å². The topological polar surface area (TPSA) is 53.6 Å². The Kier molecular flexibility index (Phi) is 8.39. The lowest BCUT2D eigenvalue weighted by atomic mass is 10.1. The number of halogens is 1. The van der Waals surface area contributed by atoms with E-state index in [2.05, 4.69) is 22.8 Å². The van der Waals surface area contributed by atoms with Crippen LogP contribution in [0.1, 0.15) is 25.8 Å². The summed E-state index contributed by atoms with van der Waals surface area (Å²) in [7, 11) is 0. The zero-order valence-corrected chi connectivity index (χ0v) is 18.4. The first-order valence-corrected chi connectivity index (χ1v) is 11.4. The fourth-order valence-electron chi connectivity index (χ4n) is 3.52. The molecule has 2 N–H and O–H groups in total. The Bertz CT molecular complexity index is 811. The standard InChI is InChI=1S/C23H30FN3O2S/c1-17-15-27(16-18(2)29-17)22-10-9-19(13-21(22)24)14-26-23(28)25-11-6-12-30-20-7-4-3-5-8-20/h3-5,7-10,13,17-18H,6,11-12,14-16H2,1-2H3,(H2,25,26,28). The number of morpholine rings is 1. The maximum atomic E-state index is 14.6. The number of benzene rings is 2. The van der Waals surface area contributed by atoms with E-state index in [1.54, 1.807) is 17.8 Å². The smallest absolute Gasteiger partial charge is 0.315 e. The number of urea groups is 1. The molecule has 2 atom stereocenters. The van der Waals surface area contributed by atoms with Crippen molar-refractivity contribution in [2.24, 2.45) is 0 Å². The molecule has 2 unspecified atom stereocenters. The summed E-state index contributed by atoms with van der Waals surface area (Å²) in [5, 5.41) is 5.64. The molecule has 2 aromatic carbocycles. The number of nitrogens with zero attached hydrogens (tertiary/aromatic N) is 1. The predicted octanol–water partition coefficient (Wildman–Crippen LogP) is 4.42. The maximum absolute atomic E-state index is 14.6. The highest BCUT2D eigenvalue weighted by Gasteiger charge is 2.24. The van der Waals surface area contributed by atoms with Gasteiger partial charge in [0, 0.05) is 31.1 Å². The second-order valence-corrected chi connectivity index (χ2v) is 8.74. The Labute approximate surface area is 182 Å². The van der Waals surface area contributed by atoms with Crippen LogP contribution < -0.4 is 15.5 Å². The van der Waals surface area contributed by atoms with E-state index in [9.17, 15) is 9.18 Å². The summed E-state index contributed by atoms with van der Waals surface area (Å²) in [5.74, 6) is 0.671. The van der Waals surface area contributed by atoms with Crippen molar-refractivity contribution in [3.63, 3.8) is 0 Å². The normalized spacial score (nSPS) is 18.8. The first-order chi connectivity index (χ1) is 14.5. The largest absolute Gasteiger partial charge is 0.372 e. The lowest BCUT2D eigenvalue weighted by Crippen LogP contribution is -2.45. The van der Waals surface area contributed by atoms with Crippen molar-refractivity contribution in [1.82, 2.24) is 10.6 Å². The van der Waals surface area contributed by atoms with Gasteiger partial charge in [0.2, 0.25) is 0 Å². The third-order valence-corrected chi connectivity index (χ3v) is 5.94. The van der Waals surface area contributed by atoms with Gasteiger partial charge < -0.3 is 20.3 Å². The van der Waals surface area contributed by atoms with Crippen LogP contribution in [0.25, 0.3) is 0 Å². The number of hydrogen-bond donors (Lipinski definition) is 2. The maximum Gasteiger partial charge on any atom is 0.315 e. The minimum absolute atomic E-state index is 0.0734. The average molecular weight is 432 g/mol. The molecule has 1 heterocycles. The predicted molar refractivity (Wildman–Crippen MR) is 121 cm³/mol. The zero-order valence-electron chi connectivity index (χ0n) is 17.6. The van der Waals surface area contributed by atoms with Gasteiger partial charge in [-0.2, -0.15) is 0 Å². The number of thioether (sulfide) groups is 1. The molecule has 7 heteroatoms. The molecule has 1 fully saturated rings. The van der Waals surface area contributed by atoms with Crippen LogP contribution >= 0.6 is 11.8 Å². The molecular formula is C23H30FN3O2S. The molecule has 3 rings (SSSR count). The van der Waals surface area contributed by atoms with Crippen LogP contribution in [0.15, 0.2) is 53.4 Å². The van der Waals surface area contributed by atoms with Gasteiger partial charge in [-0.15, -0.1) is 11.8 Å². The number of amides is 2. The molecule has 0 spiro atoms. The van der Waals surface area contributed by atoms with Gasteiger partial charge in [-0.1, -0.05) is 24.3 Å². The molecule has 30 heavy (non-hydrogen) atoms. The Morgan fingerprint density at radius 2 is 1.87 bits per heavy atom. The Balaban J connectivity index is 1.38. The second kappa shape index (κ2) is 11.2. The van der Waals surface area contributed by atoms with Crippen LogP contribution in [0.2, 0.25) is 0 Å². The molecule has 1 aliphatic rings. The SMILES string of the molecule is CC1CN(c2ccc(CNC(=O)NCCCSc3ccccc3)cc2F)CC(C)O1.